The second kappa shape index (κ2) is 12.9. The van der Waals surface area contributed by atoms with Gasteiger partial charge in [-0.15, -0.1) is 10.2 Å². The second-order valence-corrected chi connectivity index (χ2v) is 12.5. The standard InChI is InChI=1S/C32H44N8O3/c1-10-21(4)14-15-22(5)34-27-16-23-24(26(35-27)18-38(9)31(42)43-32(6,7)8)17-39(30(23)41)28-13-11-12-25(36-28)29-37-33-19-40(29)20(2)3/h10-13,16,19-20,22H,14-15,17-18H2,1-9H3,(H,34,35)/b21-10+/t22-/m1/s1. The third-order valence-electron chi connectivity index (χ3n) is 7.32. The van der Waals surface area contributed by atoms with Crippen molar-refractivity contribution in [3.63, 3.8) is 0 Å². The molecule has 11 heteroatoms. The summed E-state index contributed by atoms with van der Waals surface area (Å²) >= 11 is 0. The van der Waals surface area contributed by atoms with Crippen molar-refractivity contribution in [3.8, 4) is 11.5 Å². The Morgan fingerprint density at radius 3 is 2.63 bits per heavy atom. The molecule has 0 aromatic carbocycles. The lowest BCUT2D eigenvalue weighted by Gasteiger charge is -2.25. The van der Waals surface area contributed by atoms with E-state index in [1.54, 1.807) is 18.3 Å². The number of hydrogen-bond acceptors (Lipinski definition) is 8. The number of carbonyl (C=O) groups excluding carboxylic acids is 2. The van der Waals surface area contributed by atoms with Crippen LogP contribution in [0.5, 0.6) is 0 Å². The van der Waals surface area contributed by atoms with Gasteiger partial charge in [0.2, 0.25) is 0 Å². The van der Waals surface area contributed by atoms with Crippen molar-refractivity contribution in [3.05, 3.63) is 59.1 Å². The zero-order valence-electron chi connectivity index (χ0n) is 26.8. The third-order valence-corrected chi connectivity index (χ3v) is 7.32. The van der Waals surface area contributed by atoms with Crippen molar-refractivity contribution in [2.45, 2.75) is 99.0 Å². The Labute approximate surface area is 254 Å². The fraction of sp³-hybridized carbons (Fsp3) is 0.500. The predicted octanol–water partition coefficient (Wildman–Crippen LogP) is 6.39. The van der Waals surface area contributed by atoms with Gasteiger partial charge in [0.05, 0.1) is 24.3 Å². The highest BCUT2D eigenvalue weighted by molar-refractivity contribution is 6.10. The van der Waals surface area contributed by atoms with Crippen LogP contribution in [0.2, 0.25) is 0 Å². The van der Waals surface area contributed by atoms with Crippen LogP contribution in [-0.2, 0) is 17.8 Å². The van der Waals surface area contributed by atoms with Gasteiger partial charge in [-0.25, -0.2) is 14.8 Å². The van der Waals surface area contributed by atoms with Gasteiger partial charge in [-0.05, 0) is 86.4 Å². The Morgan fingerprint density at radius 2 is 1.95 bits per heavy atom. The van der Waals surface area contributed by atoms with E-state index in [0.29, 0.717) is 34.4 Å². The number of allylic oxidation sites excluding steroid dienone is 2. The molecule has 0 aliphatic carbocycles. The molecule has 0 fully saturated rings. The molecule has 2 amide bonds. The first-order valence-electron chi connectivity index (χ1n) is 14.8. The van der Waals surface area contributed by atoms with Crippen LogP contribution in [0, 0.1) is 0 Å². The quantitative estimate of drug-likeness (QED) is 0.271. The molecule has 3 aromatic heterocycles. The van der Waals surface area contributed by atoms with Gasteiger partial charge in [0.25, 0.3) is 5.91 Å². The van der Waals surface area contributed by atoms with Crippen LogP contribution < -0.4 is 10.2 Å². The van der Waals surface area contributed by atoms with Crippen LogP contribution >= 0.6 is 0 Å². The summed E-state index contributed by atoms with van der Waals surface area (Å²) < 4.78 is 7.52. The number of anilines is 2. The largest absolute Gasteiger partial charge is 0.444 e. The molecular weight excluding hydrogens is 544 g/mol. The SMILES string of the molecule is C/C=C(\C)CC[C@@H](C)Nc1cc2c(c(CN(C)C(=O)OC(C)(C)C)n1)CN(c1cccc(-c3nncn3C(C)C)n1)C2=O. The maximum absolute atomic E-state index is 13.9. The maximum atomic E-state index is 13.9. The van der Waals surface area contributed by atoms with Crippen LogP contribution in [-0.4, -0.2) is 60.3 Å². The number of fused-ring (bicyclic) bond motifs is 1. The molecular formula is C32H44N8O3. The van der Waals surface area contributed by atoms with Crippen molar-refractivity contribution in [1.29, 1.82) is 0 Å². The van der Waals surface area contributed by atoms with E-state index in [1.807, 2.05) is 70.4 Å². The van der Waals surface area contributed by atoms with E-state index in [-0.39, 0.29) is 31.1 Å². The molecule has 1 aliphatic heterocycles. The highest BCUT2D eigenvalue weighted by Gasteiger charge is 2.34. The lowest BCUT2D eigenvalue weighted by atomic mass is 10.1. The minimum atomic E-state index is -0.631. The molecule has 3 aromatic rings. The normalized spacial score (nSPS) is 14.2. The van der Waals surface area contributed by atoms with Gasteiger partial charge in [-0.2, -0.15) is 0 Å². The van der Waals surface area contributed by atoms with Gasteiger partial charge in [-0.3, -0.25) is 9.69 Å². The summed E-state index contributed by atoms with van der Waals surface area (Å²) in [6, 6.07) is 7.63. The minimum absolute atomic E-state index is 0.126. The molecule has 43 heavy (non-hydrogen) atoms. The zero-order chi connectivity index (χ0) is 31.5. The summed E-state index contributed by atoms with van der Waals surface area (Å²) in [6.45, 7) is 16.3. The molecule has 4 heterocycles. The molecule has 0 radical (unpaired) electrons. The Balaban J connectivity index is 1.67. The summed E-state index contributed by atoms with van der Waals surface area (Å²) in [6.07, 6.45) is 5.22. The molecule has 11 nitrogen and oxygen atoms in total. The number of pyridine rings is 2. The Hall–Kier alpha value is -4.28. The molecule has 0 spiro atoms. The summed E-state index contributed by atoms with van der Waals surface area (Å²) in [4.78, 5) is 39.6. The first-order chi connectivity index (χ1) is 20.3. The molecule has 1 atom stereocenters. The smallest absolute Gasteiger partial charge is 0.410 e. The molecule has 4 rings (SSSR count). The van der Waals surface area contributed by atoms with E-state index >= 15 is 0 Å². The number of nitrogens with one attached hydrogen (secondary N) is 1. The lowest BCUT2D eigenvalue weighted by molar-refractivity contribution is 0.0282. The fourth-order valence-corrected chi connectivity index (χ4v) is 4.80. The molecule has 230 valence electrons. The van der Waals surface area contributed by atoms with Crippen molar-refractivity contribution in [2.24, 2.45) is 0 Å². The van der Waals surface area contributed by atoms with E-state index in [4.69, 9.17) is 14.7 Å². The highest BCUT2D eigenvalue weighted by Crippen LogP contribution is 2.33. The Bertz CT molecular complexity index is 1500. The Morgan fingerprint density at radius 1 is 1.21 bits per heavy atom. The van der Waals surface area contributed by atoms with Gasteiger partial charge >= 0.3 is 6.09 Å². The highest BCUT2D eigenvalue weighted by atomic mass is 16.6. The molecule has 1 aliphatic rings. The first kappa shape index (κ1) is 31.7. The lowest BCUT2D eigenvalue weighted by Crippen LogP contribution is -2.34. The van der Waals surface area contributed by atoms with Crippen LogP contribution in [0.25, 0.3) is 11.5 Å². The number of hydrogen-bond donors (Lipinski definition) is 1. The van der Waals surface area contributed by atoms with E-state index in [2.05, 4.69) is 35.4 Å². The monoisotopic (exact) mass is 588 g/mol. The maximum Gasteiger partial charge on any atom is 0.410 e. The number of nitrogens with zero attached hydrogens (tertiary/aromatic N) is 7. The summed E-state index contributed by atoms with van der Waals surface area (Å²) in [5, 5.41) is 11.8. The van der Waals surface area contributed by atoms with E-state index in [0.717, 1.165) is 18.4 Å². The van der Waals surface area contributed by atoms with Crippen molar-refractivity contribution < 1.29 is 14.3 Å². The van der Waals surface area contributed by atoms with E-state index in [9.17, 15) is 9.59 Å². The van der Waals surface area contributed by atoms with Gasteiger partial charge in [0, 0.05) is 24.7 Å². The van der Waals surface area contributed by atoms with Crippen molar-refractivity contribution >= 4 is 23.6 Å². The zero-order valence-corrected chi connectivity index (χ0v) is 26.8. The first-order valence-corrected chi connectivity index (χ1v) is 14.8. The Kier molecular flexibility index (Phi) is 9.52. The molecule has 0 bridgehead atoms. The summed E-state index contributed by atoms with van der Waals surface area (Å²) in [5.74, 6) is 1.57. The van der Waals surface area contributed by atoms with Crippen LogP contribution in [0.3, 0.4) is 0 Å². The molecule has 0 unspecified atom stereocenters. The molecule has 1 N–H and O–H groups in total. The molecule has 0 saturated carbocycles. The van der Waals surface area contributed by atoms with Crippen molar-refractivity contribution in [1.82, 2.24) is 29.6 Å². The van der Waals surface area contributed by atoms with Crippen LogP contribution in [0.4, 0.5) is 16.4 Å². The predicted molar refractivity (Wildman–Crippen MR) is 168 cm³/mol. The summed E-state index contributed by atoms with van der Waals surface area (Å²) in [5.41, 5.74) is 3.26. The average molecular weight is 589 g/mol. The third kappa shape index (κ3) is 7.57. The number of rotatable bonds is 10. The van der Waals surface area contributed by atoms with E-state index < -0.39 is 11.7 Å². The topological polar surface area (TPSA) is 118 Å². The number of aromatic nitrogens is 5. The van der Waals surface area contributed by atoms with Gasteiger partial charge < -0.3 is 19.5 Å². The van der Waals surface area contributed by atoms with Crippen LogP contribution in [0.15, 0.2) is 42.2 Å². The average Bonchev–Trinajstić information content (AvgIpc) is 3.56. The fourth-order valence-electron chi connectivity index (χ4n) is 4.80. The number of carbonyl (C=O) groups is 2. The van der Waals surface area contributed by atoms with Crippen LogP contribution in [0.1, 0.15) is 95.9 Å². The van der Waals surface area contributed by atoms with Crippen molar-refractivity contribution in [2.75, 3.05) is 17.3 Å². The molecule has 0 saturated heterocycles. The number of ether oxygens (including phenoxy) is 1. The summed E-state index contributed by atoms with van der Waals surface area (Å²) in [7, 11) is 1.68. The van der Waals surface area contributed by atoms with E-state index in [1.165, 1.54) is 10.5 Å². The number of amides is 2. The van der Waals surface area contributed by atoms with Gasteiger partial charge in [0.1, 0.15) is 29.3 Å². The minimum Gasteiger partial charge on any atom is -0.444 e. The van der Waals surface area contributed by atoms with Gasteiger partial charge in [-0.1, -0.05) is 17.7 Å². The second-order valence-electron chi connectivity index (χ2n) is 12.5. The van der Waals surface area contributed by atoms with Gasteiger partial charge in [0.15, 0.2) is 5.82 Å².